The third kappa shape index (κ3) is 2.18. The predicted molar refractivity (Wildman–Crippen MR) is 101 cm³/mol. The van der Waals surface area contributed by atoms with E-state index in [1.54, 1.807) is 0 Å². The van der Waals surface area contributed by atoms with E-state index in [0.717, 1.165) is 36.5 Å². The highest BCUT2D eigenvalue weighted by Crippen LogP contribution is 2.67. The molecule has 1 nitrogen and oxygen atoms in total. The van der Waals surface area contributed by atoms with E-state index in [-0.39, 0.29) is 6.10 Å². The lowest BCUT2D eigenvalue weighted by atomic mass is 9.45. The second-order valence-corrected chi connectivity index (χ2v) is 11.2. The van der Waals surface area contributed by atoms with Gasteiger partial charge in [0.1, 0.15) is 0 Å². The third-order valence-electron chi connectivity index (χ3n) is 8.50. The normalized spacial score (nSPS) is 61.2. The quantitative estimate of drug-likeness (QED) is 0.397. The Morgan fingerprint density at radius 3 is 2.45 bits per heavy atom. The lowest BCUT2D eigenvalue weighted by Crippen LogP contribution is -2.54. The van der Waals surface area contributed by atoms with E-state index in [9.17, 15) is 5.11 Å². The molecule has 4 saturated carbocycles. The number of halogens is 2. The number of rotatable bonds is 0. The summed E-state index contributed by atoms with van der Waals surface area (Å²) in [4.78, 5) is 0. The average molecular weight is 437 g/mol. The van der Waals surface area contributed by atoms with E-state index in [4.69, 9.17) is 11.6 Å². The van der Waals surface area contributed by atoms with Crippen LogP contribution in [0.1, 0.15) is 65.2 Å². The Balaban J connectivity index is 1.63. The van der Waals surface area contributed by atoms with Gasteiger partial charge in [-0.05, 0) is 85.9 Å². The zero-order valence-corrected chi connectivity index (χ0v) is 16.8. The fraction of sp³-hybridized carbons (Fsp3) is 1.00. The molecule has 0 aromatic heterocycles. The van der Waals surface area contributed by atoms with E-state index in [1.807, 2.05) is 0 Å². The summed E-state index contributed by atoms with van der Waals surface area (Å²) in [5.41, 5.74) is 0.972. The van der Waals surface area contributed by atoms with Crippen LogP contribution in [0, 0.1) is 34.5 Å². The van der Waals surface area contributed by atoms with Gasteiger partial charge in [-0.2, -0.15) is 0 Å². The molecule has 0 aliphatic heterocycles. The largest absolute Gasteiger partial charge is 0.393 e. The summed E-state index contributed by atoms with van der Waals surface area (Å²) in [6, 6.07) is 0. The first-order valence-corrected chi connectivity index (χ1v) is 11.0. The van der Waals surface area contributed by atoms with Gasteiger partial charge in [0.2, 0.25) is 0 Å². The molecule has 0 saturated heterocycles. The second kappa shape index (κ2) is 5.49. The molecule has 1 N–H and O–H groups in total. The lowest BCUT2D eigenvalue weighted by Gasteiger charge is -2.60. The molecule has 3 heteroatoms. The standard InChI is InChI=1S/C19H30ClIO/c1-18-7-5-12(22)9-11(18)3-4-13-14(18)6-8-19(2)15(13)10-16(20)17(19)21/h11-17,22H,3-10H2,1-2H3/t11?,12-,13?,14?,15?,16+,17?,18-,19-/m0/s1. The summed E-state index contributed by atoms with van der Waals surface area (Å²) in [6.07, 6.45) is 10.1. The van der Waals surface area contributed by atoms with Crippen LogP contribution in [0.4, 0.5) is 0 Å². The number of hydrogen-bond donors (Lipinski definition) is 1. The summed E-state index contributed by atoms with van der Waals surface area (Å²) in [5, 5.41) is 10.5. The minimum absolute atomic E-state index is 0.0269. The Bertz CT molecular complexity index is 457. The number of hydrogen-bond acceptors (Lipinski definition) is 1. The van der Waals surface area contributed by atoms with Crippen LogP contribution in [0.15, 0.2) is 0 Å². The number of aliphatic hydroxyl groups is 1. The molecular weight excluding hydrogens is 407 g/mol. The van der Waals surface area contributed by atoms with Crippen molar-refractivity contribution in [3.8, 4) is 0 Å². The van der Waals surface area contributed by atoms with Crippen LogP contribution < -0.4 is 0 Å². The van der Waals surface area contributed by atoms with E-state index >= 15 is 0 Å². The van der Waals surface area contributed by atoms with Gasteiger partial charge in [-0.1, -0.05) is 36.4 Å². The molecule has 126 valence electrons. The van der Waals surface area contributed by atoms with Crippen molar-refractivity contribution in [2.45, 2.75) is 80.6 Å². The van der Waals surface area contributed by atoms with Gasteiger partial charge in [-0.25, -0.2) is 0 Å². The Kier molecular flexibility index (Phi) is 4.10. The van der Waals surface area contributed by atoms with E-state index in [2.05, 4.69) is 36.4 Å². The molecular formula is C19H30ClIO. The molecule has 4 aliphatic carbocycles. The van der Waals surface area contributed by atoms with Crippen molar-refractivity contribution < 1.29 is 5.11 Å². The van der Waals surface area contributed by atoms with Crippen LogP contribution in [0.5, 0.6) is 0 Å². The number of fused-ring (bicyclic) bond motifs is 5. The van der Waals surface area contributed by atoms with Crippen molar-refractivity contribution in [3.05, 3.63) is 0 Å². The van der Waals surface area contributed by atoms with E-state index < -0.39 is 0 Å². The minimum atomic E-state index is -0.0269. The second-order valence-electron chi connectivity index (χ2n) is 9.28. The molecule has 0 bridgehead atoms. The third-order valence-corrected chi connectivity index (χ3v) is 11.6. The SMILES string of the molecule is C[C@]12CC[C@H](O)CC1CCC1C2CC[C@@]2(C)C1C[C@@H](Cl)C2I. The molecule has 9 atom stereocenters. The topological polar surface area (TPSA) is 20.2 Å². The maximum absolute atomic E-state index is 10.1. The van der Waals surface area contributed by atoms with Gasteiger partial charge in [0.25, 0.3) is 0 Å². The predicted octanol–water partition coefficient (Wildman–Crippen LogP) is 5.41. The fourth-order valence-electron chi connectivity index (χ4n) is 7.14. The smallest absolute Gasteiger partial charge is 0.0543 e. The maximum Gasteiger partial charge on any atom is 0.0543 e. The van der Waals surface area contributed by atoms with Crippen LogP contribution in [-0.2, 0) is 0 Å². The molecule has 4 rings (SSSR count). The van der Waals surface area contributed by atoms with Crippen LogP contribution in [-0.4, -0.2) is 20.5 Å². The molecule has 0 aromatic rings. The van der Waals surface area contributed by atoms with Crippen molar-refractivity contribution in [2.75, 3.05) is 0 Å². The molecule has 0 radical (unpaired) electrons. The summed E-state index contributed by atoms with van der Waals surface area (Å²) in [6.45, 7) is 5.10. The van der Waals surface area contributed by atoms with Gasteiger partial charge in [0.05, 0.1) is 6.10 Å². The molecule has 5 unspecified atom stereocenters. The van der Waals surface area contributed by atoms with Crippen LogP contribution in [0.25, 0.3) is 0 Å². The zero-order valence-electron chi connectivity index (χ0n) is 13.9. The van der Waals surface area contributed by atoms with Crippen LogP contribution >= 0.6 is 34.2 Å². The molecule has 0 spiro atoms. The van der Waals surface area contributed by atoms with E-state index in [0.29, 0.717) is 20.1 Å². The minimum Gasteiger partial charge on any atom is -0.393 e. The Labute approximate surface area is 154 Å². The highest BCUT2D eigenvalue weighted by atomic mass is 127. The Morgan fingerprint density at radius 1 is 0.955 bits per heavy atom. The van der Waals surface area contributed by atoms with Gasteiger partial charge in [-0.3, -0.25) is 0 Å². The van der Waals surface area contributed by atoms with Gasteiger partial charge < -0.3 is 5.11 Å². The van der Waals surface area contributed by atoms with Crippen molar-refractivity contribution in [1.29, 1.82) is 0 Å². The van der Waals surface area contributed by atoms with Crippen molar-refractivity contribution in [2.24, 2.45) is 34.5 Å². The molecule has 0 heterocycles. The van der Waals surface area contributed by atoms with Gasteiger partial charge in [0, 0.05) is 9.30 Å². The molecule has 4 fully saturated rings. The van der Waals surface area contributed by atoms with E-state index in [1.165, 1.54) is 38.5 Å². The van der Waals surface area contributed by atoms with Gasteiger partial charge >= 0.3 is 0 Å². The summed E-state index contributed by atoms with van der Waals surface area (Å²) >= 11 is 9.36. The molecule has 22 heavy (non-hydrogen) atoms. The molecule has 0 amide bonds. The summed E-state index contributed by atoms with van der Waals surface area (Å²) in [7, 11) is 0. The highest BCUT2D eigenvalue weighted by molar-refractivity contribution is 14.1. The van der Waals surface area contributed by atoms with Gasteiger partial charge in [-0.15, -0.1) is 11.6 Å². The van der Waals surface area contributed by atoms with Crippen LogP contribution in [0.3, 0.4) is 0 Å². The number of alkyl halides is 2. The molecule has 0 aromatic carbocycles. The molecule has 4 aliphatic rings. The zero-order chi connectivity index (χ0) is 15.7. The van der Waals surface area contributed by atoms with Crippen LogP contribution in [0.2, 0.25) is 0 Å². The van der Waals surface area contributed by atoms with Crippen molar-refractivity contribution in [1.82, 2.24) is 0 Å². The first-order valence-electron chi connectivity index (χ1n) is 9.32. The first kappa shape index (κ1) is 16.4. The van der Waals surface area contributed by atoms with Gasteiger partial charge in [0.15, 0.2) is 0 Å². The van der Waals surface area contributed by atoms with Crippen molar-refractivity contribution >= 4 is 34.2 Å². The lowest BCUT2D eigenvalue weighted by molar-refractivity contribution is -0.119. The average Bonchev–Trinajstić information content (AvgIpc) is 2.72. The first-order chi connectivity index (χ1) is 10.4. The summed E-state index contributed by atoms with van der Waals surface area (Å²) in [5.74, 6) is 3.41. The number of aliphatic hydroxyl groups excluding tert-OH is 1. The summed E-state index contributed by atoms with van der Waals surface area (Å²) < 4.78 is 0.649. The Morgan fingerprint density at radius 2 is 1.68 bits per heavy atom. The monoisotopic (exact) mass is 436 g/mol. The van der Waals surface area contributed by atoms with Crippen molar-refractivity contribution in [3.63, 3.8) is 0 Å². The fourth-order valence-corrected chi connectivity index (χ4v) is 8.69. The highest BCUT2D eigenvalue weighted by Gasteiger charge is 2.61. The Hall–Kier alpha value is 0.980. The maximum atomic E-state index is 10.1.